The summed E-state index contributed by atoms with van der Waals surface area (Å²) in [6, 6.07) is 7.65. The maximum Gasteiger partial charge on any atom is 0.274 e. The molecule has 0 radical (unpaired) electrons. The first-order valence-corrected chi connectivity index (χ1v) is 6.29. The number of aromatic nitrogens is 1. The van der Waals surface area contributed by atoms with Crippen molar-refractivity contribution < 1.29 is 9.18 Å². The van der Waals surface area contributed by atoms with Crippen LogP contribution >= 0.6 is 15.9 Å². The van der Waals surface area contributed by atoms with Gasteiger partial charge in [0.05, 0.1) is 5.69 Å². The molecule has 1 amide bonds. The van der Waals surface area contributed by atoms with Crippen LogP contribution in [0.25, 0.3) is 0 Å². The summed E-state index contributed by atoms with van der Waals surface area (Å²) in [6.07, 6.45) is 1.51. The Morgan fingerprint density at radius 2 is 2.11 bits per heavy atom. The molecule has 4 nitrogen and oxygen atoms in total. The van der Waals surface area contributed by atoms with Gasteiger partial charge < -0.3 is 10.6 Å². The number of halogens is 2. The summed E-state index contributed by atoms with van der Waals surface area (Å²) in [5, 5.41) is 5.39. The lowest BCUT2D eigenvalue weighted by molar-refractivity contribution is 0.102. The van der Waals surface area contributed by atoms with Crippen LogP contribution in [0.1, 0.15) is 10.5 Å². The predicted molar refractivity (Wildman–Crippen MR) is 75.8 cm³/mol. The van der Waals surface area contributed by atoms with E-state index in [2.05, 4.69) is 31.5 Å². The Morgan fingerprint density at radius 3 is 2.84 bits per heavy atom. The SMILES string of the molecule is CNc1ccnc(C(=O)Nc2cc(Br)ccc2F)c1. The molecule has 1 aromatic heterocycles. The fourth-order valence-electron chi connectivity index (χ4n) is 1.49. The van der Waals surface area contributed by atoms with E-state index in [0.29, 0.717) is 4.47 Å². The number of rotatable bonds is 3. The molecule has 1 aromatic carbocycles. The number of carbonyl (C=O) groups is 1. The zero-order chi connectivity index (χ0) is 13.8. The first-order valence-electron chi connectivity index (χ1n) is 5.50. The Balaban J connectivity index is 2.22. The Hall–Kier alpha value is -1.95. The van der Waals surface area contributed by atoms with E-state index in [1.54, 1.807) is 25.2 Å². The Kier molecular flexibility index (Phi) is 4.11. The molecule has 0 atom stereocenters. The molecule has 2 rings (SSSR count). The van der Waals surface area contributed by atoms with Crippen molar-refractivity contribution in [2.45, 2.75) is 0 Å². The minimum absolute atomic E-state index is 0.107. The molecule has 0 aliphatic rings. The molecule has 98 valence electrons. The number of hydrogen-bond donors (Lipinski definition) is 2. The number of nitrogens with zero attached hydrogens (tertiary/aromatic N) is 1. The van der Waals surface area contributed by atoms with Gasteiger partial charge >= 0.3 is 0 Å². The normalized spacial score (nSPS) is 10.1. The Morgan fingerprint density at radius 1 is 1.32 bits per heavy atom. The van der Waals surface area contributed by atoms with Crippen LogP contribution in [-0.2, 0) is 0 Å². The van der Waals surface area contributed by atoms with Gasteiger partial charge in [0.25, 0.3) is 5.91 Å². The monoisotopic (exact) mass is 323 g/mol. The molecule has 0 saturated carbocycles. The highest BCUT2D eigenvalue weighted by atomic mass is 79.9. The minimum atomic E-state index is -0.499. The van der Waals surface area contributed by atoms with E-state index in [9.17, 15) is 9.18 Å². The molecule has 2 N–H and O–H groups in total. The zero-order valence-electron chi connectivity index (χ0n) is 10.1. The van der Waals surface area contributed by atoms with E-state index in [-0.39, 0.29) is 11.4 Å². The largest absolute Gasteiger partial charge is 0.388 e. The number of carbonyl (C=O) groups excluding carboxylic acids is 1. The van der Waals surface area contributed by atoms with Crippen molar-refractivity contribution in [3.63, 3.8) is 0 Å². The second-order valence-corrected chi connectivity index (χ2v) is 4.67. The molecule has 0 saturated heterocycles. The summed E-state index contributed by atoms with van der Waals surface area (Å²) < 4.78 is 14.2. The quantitative estimate of drug-likeness (QED) is 0.911. The predicted octanol–water partition coefficient (Wildman–Crippen LogP) is 3.28. The average Bonchev–Trinajstić information content (AvgIpc) is 2.43. The zero-order valence-corrected chi connectivity index (χ0v) is 11.7. The second-order valence-electron chi connectivity index (χ2n) is 3.76. The molecule has 0 aliphatic carbocycles. The van der Waals surface area contributed by atoms with Gasteiger partial charge in [0, 0.05) is 23.4 Å². The van der Waals surface area contributed by atoms with E-state index >= 15 is 0 Å². The Labute approximate surface area is 118 Å². The number of pyridine rings is 1. The lowest BCUT2D eigenvalue weighted by atomic mass is 10.2. The number of hydrogen-bond acceptors (Lipinski definition) is 3. The highest BCUT2D eigenvalue weighted by Crippen LogP contribution is 2.20. The number of amides is 1. The van der Waals surface area contributed by atoms with Gasteiger partial charge in [0.1, 0.15) is 11.5 Å². The van der Waals surface area contributed by atoms with Crippen LogP contribution < -0.4 is 10.6 Å². The molecule has 0 unspecified atom stereocenters. The van der Waals surface area contributed by atoms with Crippen LogP contribution in [0.3, 0.4) is 0 Å². The molecule has 1 heterocycles. The molecule has 0 bridgehead atoms. The van der Waals surface area contributed by atoms with Gasteiger partial charge in [-0.3, -0.25) is 9.78 Å². The van der Waals surface area contributed by atoms with Crippen LogP contribution in [0.4, 0.5) is 15.8 Å². The molecule has 2 aromatic rings. The van der Waals surface area contributed by atoms with Gasteiger partial charge in [-0.2, -0.15) is 0 Å². The van der Waals surface area contributed by atoms with Crippen molar-refractivity contribution in [3.8, 4) is 0 Å². The third kappa shape index (κ3) is 3.29. The van der Waals surface area contributed by atoms with E-state index in [4.69, 9.17) is 0 Å². The maximum absolute atomic E-state index is 13.5. The van der Waals surface area contributed by atoms with Gasteiger partial charge in [0.2, 0.25) is 0 Å². The summed E-state index contributed by atoms with van der Waals surface area (Å²) in [6.45, 7) is 0. The third-order valence-electron chi connectivity index (χ3n) is 2.46. The first kappa shape index (κ1) is 13.5. The van der Waals surface area contributed by atoms with Crippen LogP contribution in [0.15, 0.2) is 41.0 Å². The van der Waals surface area contributed by atoms with Crippen molar-refractivity contribution in [2.24, 2.45) is 0 Å². The minimum Gasteiger partial charge on any atom is -0.388 e. The fraction of sp³-hybridized carbons (Fsp3) is 0.0769. The molecule has 0 aliphatic heterocycles. The van der Waals surface area contributed by atoms with Crippen LogP contribution in [0.5, 0.6) is 0 Å². The summed E-state index contributed by atoms with van der Waals surface area (Å²) >= 11 is 3.22. The van der Waals surface area contributed by atoms with Gasteiger partial charge in [-0.05, 0) is 30.3 Å². The van der Waals surface area contributed by atoms with E-state index < -0.39 is 11.7 Å². The van der Waals surface area contributed by atoms with E-state index in [1.165, 1.54) is 18.3 Å². The van der Waals surface area contributed by atoms with Crippen molar-refractivity contribution >= 4 is 33.2 Å². The van der Waals surface area contributed by atoms with Crippen LogP contribution in [0.2, 0.25) is 0 Å². The summed E-state index contributed by atoms with van der Waals surface area (Å²) in [5.74, 6) is -0.963. The summed E-state index contributed by atoms with van der Waals surface area (Å²) in [4.78, 5) is 15.9. The number of anilines is 2. The summed E-state index contributed by atoms with van der Waals surface area (Å²) in [7, 11) is 1.74. The first-order chi connectivity index (χ1) is 9.10. The van der Waals surface area contributed by atoms with Crippen molar-refractivity contribution in [3.05, 3.63) is 52.5 Å². The van der Waals surface area contributed by atoms with Crippen molar-refractivity contribution in [1.82, 2.24) is 4.98 Å². The maximum atomic E-state index is 13.5. The molecule has 0 fully saturated rings. The Bertz CT molecular complexity index is 619. The molecule has 19 heavy (non-hydrogen) atoms. The lowest BCUT2D eigenvalue weighted by Gasteiger charge is -2.07. The van der Waals surface area contributed by atoms with Gasteiger partial charge in [-0.15, -0.1) is 0 Å². The van der Waals surface area contributed by atoms with Gasteiger partial charge in [-0.1, -0.05) is 15.9 Å². The molecule has 0 spiro atoms. The third-order valence-corrected chi connectivity index (χ3v) is 2.95. The standard InChI is InChI=1S/C13H11BrFN3O/c1-16-9-4-5-17-12(7-9)13(19)18-11-6-8(14)2-3-10(11)15/h2-7H,1H3,(H,16,17)(H,18,19). The van der Waals surface area contributed by atoms with E-state index in [0.717, 1.165) is 5.69 Å². The highest BCUT2D eigenvalue weighted by Gasteiger charge is 2.11. The summed E-state index contributed by atoms with van der Waals surface area (Å²) in [5.41, 5.74) is 1.08. The second kappa shape index (κ2) is 5.79. The van der Waals surface area contributed by atoms with E-state index in [1.807, 2.05) is 0 Å². The molecular formula is C13H11BrFN3O. The fourth-order valence-corrected chi connectivity index (χ4v) is 1.85. The van der Waals surface area contributed by atoms with Gasteiger partial charge in [-0.25, -0.2) is 4.39 Å². The molecular weight excluding hydrogens is 313 g/mol. The average molecular weight is 324 g/mol. The van der Waals surface area contributed by atoms with Crippen LogP contribution in [-0.4, -0.2) is 17.9 Å². The van der Waals surface area contributed by atoms with Crippen molar-refractivity contribution in [1.29, 1.82) is 0 Å². The molecule has 6 heteroatoms. The lowest BCUT2D eigenvalue weighted by Crippen LogP contribution is -2.14. The smallest absolute Gasteiger partial charge is 0.274 e. The number of benzene rings is 1. The van der Waals surface area contributed by atoms with Crippen molar-refractivity contribution in [2.75, 3.05) is 17.7 Å². The van der Waals surface area contributed by atoms with Crippen LogP contribution in [0, 0.1) is 5.82 Å². The topological polar surface area (TPSA) is 54.0 Å². The number of nitrogens with one attached hydrogen (secondary N) is 2. The highest BCUT2D eigenvalue weighted by molar-refractivity contribution is 9.10. The van der Waals surface area contributed by atoms with Gasteiger partial charge in [0.15, 0.2) is 0 Å².